The number of aromatic nitrogens is 2. The maximum Gasteiger partial charge on any atom is 0.413 e. The number of hydrogen-bond donors (Lipinski definition) is 1. The van der Waals surface area contributed by atoms with Crippen molar-refractivity contribution < 1.29 is 9.53 Å². The first kappa shape index (κ1) is 14.5. The summed E-state index contributed by atoms with van der Waals surface area (Å²) in [4.78, 5) is 20.2. The molecule has 1 aromatic heterocycles. The smallest absolute Gasteiger partial charge is 0.413 e. The summed E-state index contributed by atoms with van der Waals surface area (Å²) in [6, 6.07) is 15.1. The number of carbonyl (C=O) groups excluding carboxylic acids is 1. The molecule has 0 saturated carbocycles. The van der Waals surface area contributed by atoms with Crippen LogP contribution in [-0.2, 0) is 11.3 Å². The van der Waals surface area contributed by atoms with Crippen LogP contribution < -0.4 is 5.32 Å². The predicted molar refractivity (Wildman–Crippen MR) is 87.5 cm³/mol. The van der Waals surface area contributed by atoms with Gasteiger partial charge in [-0.1, -0.05) is 46.3 Å². The molecule has 2 aromatic carbocycles. The number of halogens is 1. The summed E-state index contributed by atoms with van der Waals surface area (Å²) < 4.78 is 6.07. The highest BCUT2D eigenvalue weighted by molar-refractivity contribution is 9.10. The van der Waals surface area contributed by atoms with Crippen molar-refractivity contribution in [3.63, 3.8) is 0 Å². The summed E-state index contributed by atoms with van der Waals surface area (Å²) in [7, 11) is 0. The fourth-order valence-corrected chi connectivity index (χ4v) is 2.35. The molecule has 0 unspecified atom stereocenters. The minimum atomic E-state index is -0.552. The second-order valence-corrected chi connectivity index (χ2v) is 5.49. The lowest BCUT2D eigenvalue weighted by Gasteiger charge is -2.08. The molecule has 0 bridgehead atoms. The van der Waals surface area contributed by atoms with Gasteiger partial charge in [-0.25, -0.2) is 14.8 Å². The zero-order valence-corrected chi connectivity index (χ0v) is 13.1. The molecule has 22 heavy (non-hydrogen) atoms. The Morgan fingerprint density at radius 1 is 1.14 bits per heavy atom. The topological polar surface area (TPSA) is 64.1 Å². The molecule has 1 amide bonds. The molecule has 3 rings (SSSR count). The Morgan fingerprint density at radius 3 is 2.77 bits per heavy atom. The van der Waals surface area contributed by atoms with Gasteiger partial charge in [-0.05, 0) is 23.8 Å². The zero-order valence-electron chi connectivity index (χ0n) is 11.5. The van der Waals surface area contributed by atoms with Crippen LogP contribution in [0.2, 0.25) is 0 Å². The number of ether oxygens (including phenoxy) is 1. The van der Waals surface area contributed by atoms with Crippen LogP contribution in [0.1, 0.15) is 5.56 Å². The van der Waals surface area contributed by atoms with Crippen LogP contribution in [0.5, 0.6) is 0 Å². The molecule has 5 nitrogen and oxygen atoms in total. The van der Waals surface area contributed by atoms with Crippen LogP contribution in [0.4, 0.5) is 10.6 Å². The summed E-state index contributed by atoms with van der Waals surface area (Å²) in [5.41, 5.74) is 1.67. The van der Waals surface area contributed by atoms with Crippen LogP contribution in [0.15, 0.2) is 59.3 Å². The van der Waals surface area contributed by atoms with Gasteiger partial charge in [0.1, 0.15) is 18.8 Å². The molecule has 0 atom stereocenters. The van der Waals surface area contributed by atoms with Crippen LogP contribution in [0.25, 0.3) is 10.9 Å². The van der Waals surface area contributed by atoms with E-state index in [-0.39, 0.29) is 6.61 Å². The molecule has 0 fully saturated rings. The first-order chi connectivity index (χ1) is 10.7. The highest BCUT2D eigenvalue weighted by atomic mass is 79.9. The number of rotatable bonds is 3. The zero-order chi connectivity index (χ0) is 15.4. The summed E-state index contributed by atoms with van der Waals surface area (Å²) in [5.74, 6) is 0.421. The van der Waals surface area contributed by atoms with E-state index in [0.717, 1.165) is 20.9 Å². The third-order valence-corrected chi connectivity index (χ3v) is 3.52. The van der Waals surface area contributed by atoms with Gasteiger partial charge >= 0.3 is 6.09 Å². The number of anilines is 1. The van der Waals surface area contributed by atoms with E-state index in [1.807, 2.05) is 48.5 Å². The average Bonchev–Trinajstić information content (AvgIpc) is 2.54. The molecule has 0 saturated heterocycles. The third-order valence-electron chi connectivity index (χ3n) is 3.03. The van der Waals surface area contributed by atoms with E-state index in [4.69, 9.17) is 4.74 Å². The lowest BCUT2D eigenvalue weighted by atomic mass is 10.2. The Morgan fingerprint density at radius 2 is 1.95 bits per heavy atom. The molecule has 3 aromatic rings. The molecule has 0 spiro atoms. The van der Waals surface area contributed by atoms with E-state index >= 15 is 0 Å². The van der Waals surface area contributed by atoms with Gasteiger partial charge in [-0.2, -0.15) is 0 Å². The van der Waals surface area contributed by atoms with E-state index in [1.54, 1.807) is 0 Å². The van der Waals surface area contributed by atoms with E-state index in [2.05, 4.69) is 31.2 Å². The molecule has 1 N–H and O–H groups in total. The number of fused-ring (bicyclic) bond motifs is 1. The Balaban J connectivity index is 1.73. The maximum atomic E-state index is 11.9. The standard InChI is InChI=1S/C16H12BrN3O2/c17-12-6-7-14-13(8-12)15(19-10-18-14)20-16(21)22-9-11-4-2-1-3-5-11/h1-8,10H,9H2,(H,18,19,20,21). The van der Waals surface area contributed by atoms with Crippen molar-refractivity contribution in [1.29, 1.82) is 0 Å². The fourth-order valence-electron chi connectivity index (χ4n) is 1.98. The monoisotopic (exact) mass is 357 g/mol. The van der Waals surface area contributed by atoms with Crippen LogP contribution in [-0.4, -0.2) is 16.1 Å². The highest BCUT2D eigenvalue weighted by Crippen LogP contribution is 2.23. The van der Waals surface area contributed by atoms with Crippen LogP contribution in [0, 0.1) is 0 Å². The molecular weight excluding hydrogens is 346 g/mol. The first-order valence-corrected chi connectivity index (χ1v) is 7.39. The lowest BCUT2D eigenvalue weighted by molar-refractivity contribution is 0.155. The second-order valence-electron chi connectivity index (χ2n) is 4.57. The summed E-state index contributed by atoms with van der Waals surface area (Å²) in [5, 5.41) is 3.39. The van der Waals surface area contributed by atoms with Crippen molar-refractivity contribution in [2.75, 3.05) is 5.32 Å². The number of benzene rings is 2. The van der Waals surface area contributed by atoms with Crippen LogP contribution >= 0.6 is 15.9 Å². The number of amides is 1. The molecule has 0 aliphatic rings. The van der Waals surface area contributed by atoms with Gasteiger partial charge in [0.15, 0.2) is 0 Å². The molecule has 110 valence electrons. The Hall–Kier alpha value is -2.47. The predicted octanol–water partition coefficient (Wildman–Crippen LogP) is 4.14. The Labute approximate surface area is 135 Å². The van der Waals surface area contributed by atoms with Crippen molar-refractivity contribution >= 4 is 38.7 Å². The first-order valence-electron chi connectivity index (χ1n) is 6.60. The van der Waals surface area contributed by atoms with Gasteiger partial charge in [0.05, 0.1) is 5.52 Å². The van der Waals surface area contributed by atoms with Gasteiger partial charge < -0.3 is 4.74 Å². The third kappa shape index (κ3) is 3.40. The molecule has 6 heteroatoms. The SMILES string of the molecule is O=C(Nc1ncnc2ccc(Br)cc12)OCc1ccccc1. The number of carbonyl (C=O) groups is 1. The largest absolute Gasteiger partial charge is 0.444 e. The van der Waals surface area contributed by atoms with Crippen molar-refractivity contribution in [2.45, 2.75) is 6.61 Å². The summed E-state index contributed by atoms with van der Waals surface area (Å²) >= 11 is 3.39. The summed E-state index contributed by atoms with van der Waals surface area (Å²) in [6.45, 7) is 0.208. The molecule has 0 radical (unpaired) electrons. The number of hydrogen-bond acceptors (Lipinski definition) is 4. The molecule has 0 aliphatic heterocycles. The van der Waals surface area contributed by atoms with Gasteiger partial charge in [0.25, 0.3) is 0 Å². The summed E-state index contributed by atoms with van der Waals surface area (Å²) in [6.07, 6.45) is 0.854. The Bertz CT molecular complexity index is 809. The van der Waals surface area contributed by atoms with Gasteiger partial charge in [-0.15, -0.1) is 0 Å². The Kier molecular flexibility index (Phi) is 4.29. The number of nitrogens with zero attached hydrogens (tertiary/aromatic N) is 2. The number of nitrogens with one attached hydrogen (secondary N) is 1. The van der Waals surface area contributed by atoms with E-state index in [9.17, 15) is 4.79 Å². The minimum Gasteiger partial charge on any atom is -0.444 e. The van der Waals surface area contributed by atoms with Crippen molar-refractivity contribution in [3.8, 4) is 0 Å². The van der Waals surface area contributed by atoms with Crippen molar-refractivity contribution in [3.05, 3.63) is 64.9 Å². The van der Waals surface area contributed by atoms with Gasteiger partial charge in [0.2, 0.25) is 0 Å². The van der Waals surface area contributed by atoms with Gasteiger partial charge in [0, 0.05) is 9.86 Å². The minimum absolute atomic E-state index is 0.208. The maximum absolute atomic E-state index is 11.9. The fraction of sp³-hybridized carbons (Fsp3) is 0.0625. The van der Waals surface area contributed by atoms with E-state index in [0.29, 0.717) is 5.82 Å². The van der Waals surface area contributed by atoms with Gasteiger partial charge in [-0.3, -0.25) is 5.32 Å². The highest BCUT2D eigenvalue weighted by Gasteiger charge is 2.09. The normalized spacial score (nSPS) is 10.4. The molecule has 1 heterocycles. The van der Waals surface area contributed by atoms with Crippen molar-refractivity contribution in [2.24, 2.45) is 0 Å². The molecule has 0 aliphatic carbocycles. The quantitative estimate of drug-likeness (QED) is 0.764. The van der Waals surface area contributed by atoms with E-state index in [1.165, 1.54) is 6.33 Å². The average molecular weight is 358 g/mol. The van der Waals surface area contributed by atoms with Crippen molar-refractivity contribution in [1.82, 2.24) is 9.97 Å². The second kappa shape index (κ2) is 6.53. The van der Waals surface area contributed by atoms with E-state index < -0.39 is 6.09 Å². The van der Waals surface area contributed by atoms with Crippen LogP contribution in [0.3, 0.4) is 0 Å². The molecular formula is C16H12BrN3O2. The lowest BCUT2D eigenvalue weighted by Crippen LogP contribution is -2.14.